The van der Waals surface area contributed by atoms with Crippen LogP contribution in [0.2, 0.25) is 0 Å². The molecule has 2 rings (SSSR count). The fourth-order valence-corrected chi connectivity index (χ4v) is 1.99. The summed E-state index contributed by atoms with van der Waals surface area (Å²) in [6.07, 6.45) is -4.52. The molecule has 2 aromatic rings. The van der Waals surface area contributed by atoms with Crippen LogP contribution in [0.1, 0.15) is 28.7 Å². The van der Waals surface area contributed by atoms with Gasteiger partial charge in [0.2, 0.25) is 0 Å². The number of alkyl halides is 3. The number of hydrogen-bond donors (Lipinski definition) is 1. The first-order valence-electron chi connectivity index (χ1n) is 6.35. The minimum Gasteiger partial charge on any atom is -0.320 e. The highest BCUT2D eigenvalue weighted by molar-refractivity contribution is 6.03. The van der Waals surface area contributed by atoms with E-state index < -0.39 is 17.6 Å². The van der Waals surface area contributed by atoms with E-state index in [2.05, 4.69) is 10.4 Å². The largest absolute Gasteiger partial charge is 0.418 e. The molecule has 0 aliphatic heterocycles. The number of aromatic nitrogens is 2. The summed E-state index contributed by atoms with van der Waals surface area (Å²) in [5.41, 5.74) is -0.285. The molecule has 0 aliphatic carbocycles. The summed E-state index contributed by atoms with van der Waals surface area (Å²) in [5, 5.41) is 6.40. The Morgan fingerprint density at radius 1 is 1.33 bits per heavy atom. The van der Waals surface area contributed by atoms with Crippen molar-refractivity contribution in [3.05, 3.63) is 47.3 Å². The van der Waals surface area contributed by atoms with E-state index in [1.54, 1.807) is 13.8 Å². The molecule has 1 aromatic heterocycles. The molecule has 0 spiro atoms. The zero-order valence-corrected chi connectivity index (χ0v) is 11.5. The van der Waals surface area contributed by atoms with E-state index in [0.29, 0.717) is 12.2 Å². The summed E-state index contributed by atoms with van der Waals surface area (Å²) < 4.78 is 40.1. The highest BCUT2D eigenvalue weighted by Gasteiger charge is 2.33. The molecule has 1 aromatic carbocycles. The third kappa shape index (κ3) is 3.24. The average Bonchev–Trinajstić information content (AvgIpc) is 2.79. The van der Waals surface area contributed by atoms with Crippen molar-refractivity contribution >= 4 is 11.6 Å². The molecular weight excluding hydrogens is 283 g/mol. The van der Waals surface area contributed by atoms with Gasteiger partial charge >= 0.3 is 6.18 Å². The fraction of sp³-hybridized carbons (Fsp3) is 0.286. The first-order chi connectivity index (χ1) is 9.82. The molecule has 0 saturated carbocycles. The molecule has 0 saturated heterocycles. The molecule has 0 bridgehead atoms. The van der Waals surface area contributed by atoms with Crippen LogP contribution in [-0.4, -0.2) is 15.7 Å². The van der Waals surface area contributed by atoms with Crippen LogP contribution >= 0.6 is 0 Å². The Labute approximate surface area is 119 Å². The fourth-order valence-electron chi connectivity index (χ4n) is 1.99. The lowest BCUT2D eigenvalue weighted by Gasteiger charge is -2.13. The Hall–Kier alpha value is -2.31. The van der Waals surface area contributed by atoms with Gasteiger partial charge in [-0.2, -0.15) is 18.3 Å². The number of aryl methyl sites for hydroxylation is 2. The van der Waals surface area contributed by atoms with Crippen molar-refractivity contribution < 1.29 is 18.0 Å². The number of carbonyl (C=O) groups excluding carboxylic acids is 1. The number of hydrogen-bond acceptors (Lipinski definition) is 2. The number of nitrogens with zero attached hydrogens (tertiary/aromatic N) is 2. The highest BCUT2D eigenvalue weighted by Crippen LogP contribution is 2.34. The van der Waals surface area contributed by atoms with Crippen LogP contribution in [0.25, 0.3) is 0 Å². The predicted molar refractivity (Wildman–Crippen MR) is 72.0 cm³/mol. The van der Waals surface area contributed by atoms with Gasteiger partial charge in [0.05, 0.1) is 16.9 Å². The molecule has 0 atom stereocenters. The van der Waals surface area contributed by atoms with Gasteiger partial charge in [-0.05, 0) is 32.0 Å². The van der Waals surface area contributed by atoms with Crippen molar-refractivity contribution in [1.82, 2.24) is 9.78 Å². The third-order valence-electron chi connectivity index (χ3n) is 2.91. The molecule has 0 fully saturated rings. The first kappa shape index (κ1) is 15.1. The monoisotopic (exact) mass is 297 g/mol. The third-order valence-corrected chi connectivity index (χ3v) is 2.91. The van der Waals surface area contributed by atoms with Gasteiger partial charge in [-0.15, -0.1) is 0 Å². The van der Waals surface area contributed by atoms with E-state index in [-0.39, 0.29) is 11.4 Å². The Bertz CT molecular complexity index is 662. The summed E-state index contributed by atoms with van der Waals surface area (Å²) in [7, 11) is 0. The average molecular weight is 297 g/mol. The van der Waals surface area contributed by atoms with Gasteiger partial charge in [-0.1, -0.05) is 12.1 Å². The standard InChI is InChI=1S/C14H14F3N3O/c1-3-20-12(8-9(2)19-20)13(21)18-11-7-5-4-6-10(11)14(15,16)17/h4-8H,3H2,1-2H3,(H,18,21). The van der Waals surface area contributed by atoms with Gasteiger partial charge in [-0.25, -0.2) is 0 Å². The van der Waals surface area contributed by atoms with Crippen LogP contribution in [0.3, 0.4) is 0 Å². The first-order valence-corrected chi connectivity index (χ1v) is 6.35. The van der Waals surface area contributed by atoms with Gasteiger partial charge in [-0.3, -0.25) is 9.48 Å². The lowest BCUT2D eigenvalue weighted by atomic mass is 10.1. The van der Waals surface area contributed by atoms with Crippen LogP contribution in [0.15, 0.2) is 30.3 Å². The normalized spacial score (nSPS) is 11.5. The molecule has 21 heavy (non-hydrogen) atoms. The van der Waals surface area contributed by atoms with E-state index in [0.717, 1.165) is 6.07 Å². The zero-order valence-electron chi connectivity index (χ0n) is 11.5. The van der Waals surface area contributed by atoms with Gasteiger partial charge in [0.15, 0.2) is 0 Å². The maximum absolute atomic E-state index is 12.9. The highest BCUT2D eigenvalue weighted by atomic mass is 19.4. The minimum atomic E-state index is -4.52. The van der Waals surface area contributed by atoms with Gasteiger partial charge < -0.3 is 5.32 Å². The molecule has 0 aliphatic rings. The van der Waals surface area contributed by atoms with Crippen LogP contribution in [0.5, 0.6) is 0 Å². The zero-order chi connectivity index (χ0) is 15.6. The second-order valence-corrected chi connectivity index (χ2v) is 4.48. The Morgan fingerprint density at radius 3 is 2.62 bits per heavy atom. The van der Waals surface area contributed by atoms with Crippen LogP contribution in [0.4, 0.5) is 18.9 Å². The van der Waals surface area contributed by atoms with Gasteiger partial charge in [0.25, 0.3) is 5.91 Å². The van der Waals surface area contributed by atoms with Crippen molar-refractivity contribution in [1.29, 1.82) is 0 Å². The van der Waals surface area contributed by atoms with Crippen molar-refractivity contribution in [2.75, 3.05) is 5.32 Å². The minimum absolute atomic E-state index is 0.229. The van der Waals surface area contributed by atoms with Crippen molar-refractivity contribution in [2.45, 2.75) is 26.6 Å². The maximum atomic E-state index is 12.9. The van der Waals surface area contributed by atoms with Crippen LogP contribution in [0, 0.1) is 6.92 Å². The number of para-hydroxylation sites is 1. The summed E-state index contributed by atoms with van der Waals surface area (Å²) in [6.45, 7) is 3.97. The van der Waals surface area contributed by atoms with Crippen LogP contribution in [-0.2, 0) is 12.7 Å². The molecule has 1 heterocycles. The maximum Gasteiger partial charge on any atom is 0.418 e. The number of nitrogens with one attached hydrogen (secondary N) is 1. The summed E-state index contributed by atoms with van der Waals surface area (Å²) in [4.78, 5) is 12.1. The summed E-state index contributed by atoms with van der Waals surface area (Å²) in [6, 6.07) is 6.40. The van der Waals surface area contributed by atoms with E-state index in [1.807, 2.05) is 0 Å². The topological polar surface area (TPSA) is 46.9 Å². The molecule has 4 nitrogen and oxygen atoms in total. The lowest BCUT2D eigenvalue weighted by molar-refractivity contribution is -0.136. The second kappa shape index (κ2) is 5.59. The molecule has 0 unspecified atom stereocenters. The van der Waals surface area contributed by atoms with Crippen molar-refractivity contribution in [3.8, 4) is 0 Å². The molecule has 1 amide bonds. The number of anilines is 1. The number of benzene rings is 1. The summed E-state index contributed by atoms with van der Waals surface area (Å²) in [5.74, 6) is -0.617. The van der Waals surface area contributed by atoms with Crippen molar-refractivity contribution in [2.24, 2.45) is 0 Å². The van der Waals surface area contributed by atoms with Crippen LogP contribution < -0.4 is 5.32 Å². The van der Waals surface area contributed by atoms with E-state index in [9.17, 15) is 18.0 Å². The quantitative estimate of drug-likeness (QED) is 0.942. The summed E-state index contributed by atoms with van der Waals surface area (Å²) >= 11 is 0. The molecule has 0 radical (unpaired) electrons. The number of amides is 1. The van der Waals surface area contributed by atoms with E-state index in [1.165, 1.54) is 28.9 Å². The number of halogens is 3. The Balaban J connectivity index is 2.32. The van der Waals surface area contributed by atoms with E-state index in [4.69, 9.17) is 0 Å². The molecular formula is C14H14F3N3O. The van der Waals surface area contributed by atoms with Gasteiger partial charge in [0.1, 0.15) is 5.69 Å². The molecule has 7 heteroatoms. The lowest BCUT2D eigenvalue weighted by Crippen LogP contribution is -2.19. The second-order valence-electron chi connectivity index (χ2n) is 4.48. The molecule has 112 valence electrons. The van der Waals surface area contributed by atoms with Gasteiger partial charge in [0, 0.05) is 6.54 Å². The Kier molecular flexibility index (Phi) is 4.02. The van der Waals surface area contributed by atoms with Crippen molar-refractivity contribution in [3.63, 3.8) is 0 Å². The van der Waals surface area contributed by atoms with E-state index >= 15 is 0 Å². The molecule has 1 N–H and O–H groups in total. The smallest absolute Gasteiger partial charge is 0.320 e. The number of rotatable bonds is 3. The number of carbonyl (C=O) groups is 1. The predicted octanol–water partition coefficient (Wildman–Crippen LogP) is 3.48. The SMILES string of the molecule is CCn1nc(C)cc1C(=O)Nc1ccccc1C(F)(F)F. The Morgan fingerprint density at radius 2 is 2.00 bits per heavy atom.